The second-order valence-corrected chi connectivity index (χ2v) is 7.99. The summed E-state index contributed by atoms with van der Waals surface area (Å²) in [6, 6.07) is 20.9. The minimum absolute atomic E-state index is 0.139. The first-order valence-electron chi connectivity index (χ1n) is 11.2. The van der Waals surface area contributed by atoms with Crippen LogP contribution in [-0.4, -0.2) is 55.1 Å². The molecule has 1 saturated heterocycles. The van der Waals surface area contributed by atoms with Gasteiger partial charge in [-0.15, -0.1) is 0 Å². The second-order valence-electron chi connectivity index (χ2n) is 7.99. The number of hydrogen-bond acceptors (Lipinski definition) is 7. The number of hydrogen-bond donors (Lipinski definition) is 1. The zero-order valence-corrected chi connectivity index (χ0v) is 18.8. The fraction of sp³-hybridized carbons (Fsp3) is 0.269. The SMILES string of the molecule is O=C(c1ccccc1)c1ccc(NCc2cccc(OCCN3CCOCC3)c2)c([N+](=O)[O-])c1. The monoisotopic (exact) mass is 461 g/mol. The third kappa shape index (κ3) is 6.18. The van der Waals surface area contributed by atoms with Crippen molar-refractivity contribution in [2.75, 3.05) is 44.8 Å². The molecule has 34 heavy (non-hydrogen) atoms. The van der Waals surface area contributed by atoms with E-state index in [1.54, 1.807) is 36.4 Å². The average Bonchev–Trinajstić information content (AvgIpc) is 2.88. The molecule has 1 aliphatic rings. The highest BCUT2D eigenvalue weighted by Gasteiger charge is 2.18. The maximum atomic E-state index is 12.7. The molecular weight excluding hydrogens is 434 g/mol. The van der Waals surface area contributed by atoms with Gasteiger partial charge in [-0.2, -0.15) is 0 Å². The highest BCUT2D eigenvalue weighted by Crippen LogP contribution is 2.27. The van der Waals surface area contributed by atoms with E-state index in [0.717, 1.165) is 44.2 Å². The Morgan fingerprint density at radius 3 is 2.56 bits per heavy atom. The molecule has 3 aromatic rings. The summed E-state index contributed by atoms with van der Waals surface area (Å²) in [6.45, 7) is 5.16. The number of anilines is 1. The molecule has 8 nitrogen and oxygen atoms in total. The molecule has 0 aromatic heterocycles. The van der Waals surface area contributed by atoms with Gasteiger partial charge in [-0.3, -0.25) is 19.8 Å². The Bertz CT molecular complexity index is 1130. The largest absolute Gasteiger partial charge is 0.492 e. The Hall–Kier alpha value is -3.75. The van der Waals surface area contributed by atoms with E-state index in [1.807, 2.05) is 30.3 Å². The van der Waals surface area contributed by atoms with Crippen LogP contribution >= 0.6 is 0 Å². The molecule has 0 saturated carbocycles. The van der Waals surface area contributed by atoms with E-state index < -0.39 is 4.92 Å². The Balaban J connectivity index is 1.38. The second kappa shape index (κ2) is 11.4. The highest BCUT2D eigenvalue weighted by atomic mass is 16.6. The summed E-state index contributed by atoms with van der Waals surface area (Å²) in [6.07, 6.45) is 0. The molecule has 176 valence electrons. The van der Waals surface area contributed by atoms with Crippen molar-refractivity contribution in [2.45, 2.75) is 6.54 Å². The van der Waals surface area contributed by atoms with Crippen molar-refractivity contribution < 1.29 is 19.2 Å². The normalized spacial score (nSPS) is 13.9. The van der Waals surface area contributed by atoms with Crippen LogP contribution in [-0.2, 0) is 11.3 Å². The molecule has 4 rings (SSSR count). The Labute approximate surface area is 198 Å². The van der Waals surface area contributed by atoms with E-state index in [2.05, 4.69) is 10.2 Å². The first-order chi connectivity index (χ1) is 16.6. The zero-order valence-electron chi connectivity index (χ0n) is 18.8. The van der Waals surface area contributed by atoms with Gasteiger partial charge in [0.15, 0.2) is 5.78 Å². The van der Waals surface area contributed by atoms with E-state index in [-0.39, 0.29) is 17.0 Å². The van der Waals surface area contributed by atoms with Crippen molar-refractivity contribution in [1.29, 1.82) is 0 Å². The van der Waals surface area contributed by atoms with Crippen LogP contribution in [0.5, 0.6) is 5.75 Å². The van der Waals surface area contributed by atoms with Gasteiger partial charge in [0.2, 0.25) is 0 Å². The van der Waals surface area contributed by atoms with Gasteiger partial charge in [0, 0.05) is 43.4 Å². The molecule has 0 aliphatic carbocycles. The van der Waals surface area contributed by atoms with E-state index in [9.17, 15) is 14.9 Å². The van der Waals surface area contributed by atoms with E-state index >= 15 is 0 Å². The van der Waals surface area contributed by atoms with Crippen molar-refractivity contribution >= 4 is 17.2 Å². The Morgan fingerprint density at radius 2 is 1.79 bits per heavy atom. The van der Waals surface area contributed by atoms with Crippen LogP contribution in [0.2, 0.25) is 0 Å². The topological polar surface area (TPSA) is 93.9 Å². The third-order valence-corrected chi connectivity index (χ3v) is 5.65. The Morgan fingerprint density at radius 1 is 1.00 bits per heavy atom. The first kappa shape index (κ1) is 23.4. The molecule has 1 heterocycles. The Kier molecular flexibility index (Phi) is 7.85. The number of ether oxygens (including phenoxy) is 2. The lowest BCUT2D eigenvalue weighted by Crippen LogP contribution is -2.38. The van der Waals surface area contributed by atoms with Crippen molar-refractivity contribution in [3.05, 3.63) is 99.6 Å². The average molecular weight is 462 g/mol. The van der Waals surface area contributed by atoms with Crippen LogP contribution in [0.1, 0.15) is 21.5 Å². The zero-order chi connectivity index (χ0) is 23.8. The van der Waals surface area contributed by atoms with Crippen molar-refractivity contribution in [3.8, 4) is 5.75 Å². The molecule has 0 unspecified atom stereocenters. The molecule has 1 aliphatic heterocycles. The van der Waals surface area contributed by atoms with Crippen LogP contribution < -0.4 is 10.1 Å². The minimum atomic E-state index is -0.477. The summed E-state index contributed by atoms with van der Waals surface area (Å²) in [5, 5.41) is 14.8. The number of nitro benzene ring substituents is 1. The summed E-state index contributed by atoms with van der Waals surface area (Å²) in [4.78, 5) is 26.2. The predicted octanol–water partition coefficient (Wildman–Crippen LogP) is 4.15. The quantitative estimate of drug-likeness (QED) is 0.275. The van der Waals surface area contributed by atoms with Gasteiger partial charge >= 0.3 is 0 Å². The summed E-state index contributed by atoms with van der Waals surface area (Å²) in [7, 11) is 0. The van der Waals surface area contributed by atoms with Crippen LogP contribution in [0.3, 0.4) is 0 Å². The molecule has 0 amide bonds. The highest BCUT2D eigenvalue weighted by molar-refractivity contribution is 6.09. The molecule has 0 radical (unpaired) electrons. The first-order valence-corrected chi connectivity index (χ1v) is 11.2. The van der Waals surface area contributed by atoms with Gasteiger partial charge in [-0.1, -0.05) is 42.5 Å². The number of nitrogens with zero attached hydrogens (tertiary/aromatic N) is 2. The standard InChI is InChI=1S/C26H27N3O5/c30-26(21-6-2-1-3-7-21)22-9-10-24(25(18-22)29(31)32)27-19-20-5-4-8-23(17-20)34-16-13-28-11-14-33-15-12-28/h1-10,17-18,27H,11-16,19H2. The predicted molar refractivity (Wildman–Crippen MR) is 129 cm³/mol. The summed E-state index contributed by atoms with van der Waals surface area (Å²) in [5.41, 5.74) is 1.91. The van der Waals surface area contributed by atoms with E-state index in [0.29, 0.717) is 24.4 Å². The van der Waals surface area contributed by atoms with Crippen LogP contribution in [0.15, 0.2) is 72.8 Å². The molecule has 0 bridgehead atoms. The number of nitrogens with one attached hydrogen (secondary N) is 1. The molecule has 1 fully saturated rings. The lowest BCUT2D eigenvalue weighted by Gasteiger charge is -2.26. The number of carbonyl (C=O) groups excluding carboxylic acids is 1. The summed E-state index contributed by atoms with van der Waals surface area (Å²) in [5.74, 6) is 0.503. The maximum Gasteiger partial charge on any atom is 0.293 e. The third-order valence-electron chi connectivity index (χ3n) is 5.65. The van der Waals surface area contributed by atoms with Crippen molar-refractivity contribution in [3.63, 3.8) is 0 Å². The van der Waals surface area contributed by atoms with Gasteiger partial charge in [0.05, 0.1) is 18.1 Å². The molecule has 3 aromatic carbocycles. The van der Waals surface area contributed by atoms with Gasteiger partial charge in [0.25, 0.3) is 5.69 Å². The number of morpholine rings is 1. The van der Waals surface area contributed by atoms with Crippen LogP contribution in [0.4, 0.5) is 11.4 Å². The van der Waals surface area contributed by atoms with Gasteiger partial charge < -0.3 is 14.8 Å². The smallest absolute Gasteiger partial charge is 0.293 e. The van der Waals surface area contributed by atoms with Crippen LogP contribution in [0, 0.1) is 10.1 Å². The fourth-order valence-electron chi connectivity index (χ4n) is 3.79. The number of benzene rings is 3. The summed E-state index contributed by atoms with van der Waals surface area (Å²) < 4.78 is 11.2. The number of nitro groups is 1. The molecule has 1 N–H and O–H groups in total. The van der Waals surface area contributed by atoms with E-state index in [1.165, 1.54) is 6.07 Å². The lowest BCUT2D eigenvalue weighted by atomic mass is 10.0. The number of rotatable bonds is 10. The van der Waals surface area contributed by atoms with Crippen LogP contribution in [0.25, 0.3) is 0 Å². The van der Waals surface area contributed by atoms with Gasteiger partial charge in [-0.05, 0) is 29.8 Å². The number of ketones is 1. The molecule has 8 heteroatoms. The summed E-state index contributed by atoms with van der Waals surface area (Å²) >= 11 is 0. The minimum Gasteiger partial charge on any atom is -0.492 e. The van der Waals surface area contributed by atoms with E-state index in [4.69, 9.17) is 9.47 Å². The molecular formula is C26H27N3O5. The maximum absolute atomic E-state index is 12.7. The van der Waals surface area contributed by atoms with Crippen molar-refractivity contribution in [1.82, 2.24) is 4.90 Å². The van der Waals surface area contributed by atoms with Gasteiger partial charge in [-0.25, -0.2) is 0 Å². The fourth-order valence-corrected chi connectivity index (χ4v) is 3.79. The van der Waals surface area contributed by atoms with Crippen molar-refractivity contribution in [2.24, 2.45) is 0 Å². The van der Waals surface area contributed by atoms with Gasteiger partial charge in [0.1, 0.15) is 18.0 Å². The lowest BCUT2D eigenvalue weighted by molar-refractivity contribution is -0.384. The molecule has 0 spiro atoms. The number of carbonyl (C=O) groups is 1. The molecule has 0 atom stereocenters.